The molecule has 2 heterocycles. The van der Waals surface area contributed by atoms with Crippen LogP contribution < -0.4 is 0 Å². The van der Waals surface area contributed by atoms with Crippen LogP contribution in [0.2, 0.25) is 0 Å². The molecule has 1 aliphatic rings. The second kappa shape index (κ2) is 7.69. The zero-order chi connectivity index (χ0) is 14.4. The second-order valence-electron chi connectivity index (χ2n) is 5.12. The van der Waals surface area contributed by atoms with Gasteiger partial charge in [-0.25, -0.2) is 4.98 Å². The van der Waals surface area contributed by atoms with Crippen LogP contribution in [0, 0.1) is 0 Å². The van der Waals surface area contributed by atoms with Crippen molar-refractivity contribution in [3.63, 3.8) is 0 Å². The molecule has 2 rings (SSSR count). The summed E-state index contributed by atoms with van der Waals surface area (Å²) in [5, 5.41) is 9.63. The third kappa shape index (κ3) is 4.24. The molecular weight excluding hydrogens is 274 g/mol. The third-order valence-corrected chi connectivity index (χ3v) is 4.65. The average Bonchev–Trinajstić information content (AvgIpc) is 2.86. The van der Waals surface area contributed by atoms with E-state index in [2.05, 4.69) is 21.4 Å². The molecule has 0 amide bonds. The van der Waals surface area contributed by atoms with E-state index in [1.165, 1.54) is 49.8 Å². The van der Waals surface area contributed by atoms with Gasteiger partial charge in [-0.1, -0.05) is 25.1 Å². The molecule has 1 aromatic rings. The number of carboxylic acids is 1. The van der Waals surface area contributed by atoms with Crippen molar-refractivity contribution in [2.24, 2.45) is 0 Å². The number of nitrogens with zero attached hydrogens (tertiary/aromatic N) is 3. The Morgan fingerprint density at radius 3 is 2.75 bits per heavy atom. The smallest absolute Gasteiger partial charge is 0.313 e. The summed E-state index contributed by atoms with van der Waals surface area (Å²) in [4.78, 5) is 17.6. The number of aromatic nitrogens is 2. The molecule has 0 saturated carbocycles. The van der Waals surface area contributed by atoms with E-state index >= 15 is 0 Å². The standard InChI is InChI=1S/C14H23N3O2S/c1-2-12-10-15-14(20-11-13(18)19)17(12)9-8-16-6-4-3-5-7-16/h10H,2-9,11H2,1H3,(H,18,19). The molecule has 0 spiro atoms. The van der Waals surface area contributed by atoms with E-state index in [0.717, 1.165) is 24.7 Å². The van der Waals surface area contributed by atoms with Gasteiger partial charge in [0.25, 0.3) is 0 Å². The van der Waals surface area contributed by atoms with Crippen LogP contribution in [0.3, 0.4) is 0 Å². The Balaban J connectivity index is 1.96. The molecule has 1 fully saturated rings. The molecule has 20 heavy (non-hydrogen) atoms. The maximum atomic E-state index is 10.7. The van der Waals surface area contributed by atoms with Crippen molar-refractivity contribution in [2.45, 2.75) is 44.3 Å². The van der Waals surface area contributed by atoms with Gasteiger partial charge in [-0.3, -0.25) is 4.79 Å². The number of aliphatic carboxylic acids is 1. The van der Waals surface area contributed by atoms with Crippen LogP contribution in [0.15, 0.2) is 11.4 Å². The SMILES string of the molecule is CCc1cnc(SCC(=O)O)n1CCN1CCCCC1. The van der Waals surface area contributed by atoms with E-state index in [4.69, 9.17) is 5.11 Å². The van der Waals surface area contributed by atoms with Crippen molar-refractivity contribution in [1.29, 1.82) is 0 Å². The Morgan fingerprint density at radius 1 is 1.35 bits per heavy atom. The lowest BCUT2D eigenvalue weighted by Gasteiger charge is -2.27. The van der Waals surface area contributed by atoms with Gasteiger partial charge in [-0.2, -0.15) is 0 Å². The fourth-order valence-electron chi connectivity index (χ4n) is 2.58. The molecule has 1 saturated heterocycles. The fourth-order valence-corrected chi connectivity index (χ4v) is 3.32. The van der Waals surface area contributed by atoms with Crippen molar-refractivity contribution in [1.82, 2.24) is 14.5 Å². The number of rotatable bonds is 7. The van der Waals surface area contributed by atoms with E-state index < -0.39 is 5.97 Å². The lowest BCUT2D eigenvalue weighted by molar-refractivity contribution is -0.133. The summed E-state index contributed by atoms with van der Waals surface area (Å²) in [6.45, 7) is 6.43. The van der Waals surface area contributed by atoms with Gasteiger partial charge >= 0.3 is 5.97 Å². The van der Waals surface area contributed by atoms with Crippen LogP contribution in [0.1, 0.15) is 31.9 Å². The quantitative estimate of drug-likeness (QED) is 0.781. The second-order valence-corrected chi connectivity index (χ2v) is 6.06. The predicted octanol–water partition coefficient (Wildman–Crippen LogP) is 2.11. The highest BCUT2D eigenvalue weighted by molar-refractivity contribution is 7.99. The first kappa shape index (κ1) is 15.4. The lowest BCUT2D eigenvalue weighted by Crippen LogP contribution is -2.32. The first-order valence-electron chi connectivity index (χ1n) is 7.32. The van der Waals surface area contributed by atoms with Gasteiger partial charge in [0, 0.05) is 25.0 Å². The molecule has 5 nitrogen and oxygen atoms in total. The van der Waals surface area contributed by atoms with Gasteiger partial charge < -0.3 is 14.6 Å². The Morgan fingerprint density at radius 2 is 2.10 bits per heavy atom. The van der Waals surface area contributed by atoms with E-state index in [9.17, 15) is 4.79 Å². The number of imidazole rings is 1. The number of hydrogen-bond acceptors (Lipinski definition) is 4. The van der Waals surface area contributed by atoms with Gasteiger partial charge in [0.2, 0.25) is 0 Å². The molecule has 0 aromatic carbocycles. The van der Waals surface area contributed by atoms with Crippen molar-refractivity contribution in [3.05, 3.63) is 11.9 Å². The minimum Gasteiger partial charge on any atom is -0.481 e. The highest BCUT2D eigenvalue weighted by Gasteiger charge is 2.14. The van der Waals surface area contributed by atoms with Crippen LogP contribution in [-0.2, 0) is 17.8 Å². The monoisotopic (exact) mass is 297 g/mol. The molecule has 1 N–H and O–H groups in total. The molecule has 0 unspecified atom stereocenters. The summed E-state index contributed by atoms with van der Waals surface area (Å²) in [5.41, 5.74) is 1.19. The maximum Gasteiger partial charge on any atom is 0.313 e. The summed E-state index contributed by atoms with van der Waals surface area (Å²) in [7, 11) is 0. The van der Waals surface area contributed by atoms with Crippen molar-refractivity contribution in [2.75, 3.05) is 25.4 Å². The Bertz CT molecular complexity index is 442. The molecule has 1 aromatic heterocycles. The normalized spacial score (nSPS) is 16.4. The van der Waals surface area contributed by atoms with E-state index in [1.807, 2.05) is 6.20 Å². The highest BCUT2D eigenvalue weighted by atomic mass is 32.2. The van der Waals surface area contributed by atoms with Gasteiger partial charge in [0.05, 0.1) is 5.75 Å². The summed E-state index contributed by atoms with van der Waals surface area (Å²) >= 11 is 1.31. The Labute approximate surface area is 124 Å². The van der Waals surface area contributed by atoms with Gasteiger partial charge in [0.15, 0.2) is 5.16 Å². The first-order chi connectivity index (χ1) is 9.70. The van der Waals surface area contributed by atoms with Crippen molar-refractivity contribution >= 4 is 17.7 Å². The van der Waals surface area contributed by atoms with Crippen LogP contribution in [-0.4, -0.2) is 50.9 Å². The predicted molar refractivity (Wildman–Crippen MR) is 80.3 cm³/mol. The number of hydrogen-bond donors (Lipinski definition) is 1. The number of aryl methyl sites for hydroxylation is 1. The van der Waals surface area contributed by atoms with Gasteiger partial charge in [0.1, 0.15) is 0 Å². The molecule has 1 aliphatic heterocycles. The van der Waals surface area contributed by atoms with Crippen molar-refractivity contribution in [3.8, 4) is 0 Å². The summed E-state index contributed by atoms with van der Waals surface area (Å²) in [6, 6.07) is 0. The fraction of sp³-hybridized carbons (Fsp3) is 0.714. The summed E-state index contributed by atoms with van der Waals surface area (Å²) in [6.07, 6.45) is 6.75. The number of thioether (sulfide) groups is 1. The van der Waals surface area contributed by atoms with E-state index in [0.29, 0.717) is 0 Å². The van der Waals surface area contributed by atoms with Crippen LogP contribution in [0.4, 0.5) is 0 Å². The highest BCUT2D eigenvalue weighted by Crippen LogP contribution is 2.19. The Hall–Kier alpha value is -1.01. The third-order valence-electron chi connectivity index (χ3n) is 3.68. The average molecular weight is 297 g/mol. The number of carbonyl (C=O) groups is 1. The molecule has 0 aliphatic carbocycles. The molecule has 0 atom stereocenters. The summed E-state index contributed by atoms with van der Waals surface area (Å²) < 4.78 is 2.18. The molecule has 6 heteroatoms. The molecule has 0 radical (unpaired) electrons. The van der Waals surface area contributed by atoms with Gasteiger partial charge in [-0.15, -0.1) is 0 Å². The number of carboxylic acid groups (broad SMARTS) is 1. The minimum atomic E-state index is -0.793. The Kier molecular flexibility index (Phi) is 5.91. The number of likely N-dealkylation sites (tertiary alicyclic amines) is 1. The largest absolute Gasteiger partial charge is 0.481 e. The van der Waals surface area contributed by atoms with Crippen LogP contribution >= 0.6 is 11.8 Å². The molecular formula is C14H23N3O2S. The molecule has 0 bridgehead atoms. The van der Waals surface area contributed by atoms with Crippen molar-refractivity contribution < 1.29 is 9.90 Å². The summed E-state index contributed by atoms with van der Waals surface area (Å²) in [5.74, 6) is -0.720. The lowest BCUT2D eigenvalue weighted by atomic mass is 10.1. The maximum absolute atomic E-state index is 10.7. The van der Waals surface area contributed by atoms with Gasteiger partial charge in [-0.05, 0) is 32.4 Å². The zero-order valence-electron chi connectivity index (χ0n) is 12.0. The topological polar surface area (TPSA) is 58.4 Å². The molecule has 112 valence electrons. The zero-order valence-corrected chi connectivity index (χ0v) is 12.9. The first-order valence-corrected chi connectivity index (χ1v) is 8.30. The van der Waals surface area contributed by atoms with E-state index in [1.54, 1.807) is 0 Å². The number of piperidine rings is 1. The van der Waals surface area contributed by atoms with Crippen LogP contribution in [0.5, 0.6) is 0 Å². The van der Waals surface area contributed by atoms with E-state index in [-0.39, 0.29) is 5.75 Å². The van der Waals surface area contributed by atoms with Crippen LogP contribution in [0.25, 0.3) is 0 Å². The minimum absolute atomic E-state index is 0.0733.